The first kappa shape index (κ1) is 13.1. The molecule has 0 aliphatic carbocycles. The maximum atomic E-state index is 10.8. The van der Waals surface area contributed by atoms with Gasteiger partial charge in [-0.15, -0.1) is 12.4 Å². The molecule has 0 unspecified atom stereocenters. The minimum Gasteiger partial charge on any atom is -0.349 e. The van der Waals surface area contributed by atoms with Gasteiger partial charge in [0.25, 0.3) is 0 Å². The van der Waals surface area contributed by atoms with Gasteiger partial charge in [-0.2, -0.15) is 0 Å². The molecule has 0 aliphatic heterocycles. The zero-order valence-corrected chi connectivity index (χ0v) is 7.69. The van der Waals surface area contributed by atoms with Crippen LogP contribution in [-0.4, -0.2) is 31.2 Å². The van der Waals surface area contributed by atoms with Crippen molar-refractivity contribution in [2.75, 3.05) is 14.1 Å². The van der Waals surface area contributed by atoms with E-state index in [1.54, 1.807) is 14.1 Å². The number of halogens is 1. The van der Waals surface area contributed by atoms with Crippen LogP contribution in [-0.2, 0) is 9.59 Å². The van der Waals surface area contributed by atoms with E-state index in [1.165, 1.54) is 4.90 Å². The Hall–Kier alpha value is -0.570. The minimum absolute atomic E-state index is 0. The highest BCUT2D eigenvalue weighted by Gasteiger charge is 2.01. The monoisotopic (exact) mass is 179 g/mol. The summed E-state index contributed by atoms with van der Waals surface area (Å²) >= 11 is 0. The van der Waals surface area contributed by atoms with E-state index in [1.807, 2.05) is 0 Å². The highest BCUT2D eigenvalue weighted by molar-refractivity contribution is 5.85. The summed E-state index contributed by atoms with van der Waals surface area (Å²) in [5.74, 6) is 0.0850. The standard InChI is InChI=1S/C7H13NO2.ClH/c1-8(2)7(10)5-3-4-6-9;/h6H,3-5H2,1-2H3;1H. The molecule has 0 bridgehead atoms. The summed E-state index contributed by atoms with van der Waals surface area (Å²) in [6.07, 6.45) is 2.47. The van der Waals surface area contributed by atoms with Gasteiger partial charge in [0.15, 0.2) is 0 Å². The Bertz CT molecular complexity index is 126. The van der Waals surface area contributed by atoms with Crippen LogP contribution in [0.4, 0.5) is 0 Å². The van der Waals surface area contributed by atoms with Crippen molar-refractivity contribution in [2.45, 2.75) is 19.3 Å². The Labute approximate surface area is 73.2 Å². The van der Waals surface area contributed by atoms with Crippen LogP contribution in [0.3, 0.4) is 0 Å². The van der Waals surface area contributed by atoms with Gasteiger partial charge in [-0.05, 0) is 6.42 Å². The molecule has 0 aromatic carbocycles. The summed E-state index contributed by atoms with van der Waals surface area (Å²) in [5, 5.41) is 0. The highest BCUT2D eigenvalue weighted by atomic mass is 35.5. The summed E-state index contributed by atoms with van der Waals surface area (Å²) in [6, 6.07) is 0. The van der Waals surface area contributed by atoms with Gasteiger partial charge in [0.2, 0.25) is 5.91 Å². The Kier molecular flexibility index (Phi) is 8.94. The van der Waals surface area contributed by atoms with Crippen LogP contribution >= 0.6 is 12.4 Å². The Morgan fingerprint density at radius 3 is 2.36 bits per heavy atom. The quantitative estimate of drug-likeness (QED) is 0.474. The summed E-state index contributed by atoms with van der Waals surface area (Å²) < 4.78 is 0. The fourth-order valence-corrected chi connectivity index (χ4v) is 0.560. The Morgan fingerprint density at radius 1 is 1.45 bits per heavy atom. The molecule has 0 aromatic heterocycles. The first-order valence-electron chi connectivity index (χ1n) is 3.32. The molecule has 0 atom stereocenters. The topological polar surface area (TPSA) is 37.4 Å². The lowest BCUT2D eigenvalue weighted by Crippen LogP contribution is -2.21. The molecule has 11 heavy (non-hydrogen) atoms. The van der Waals surface area contributed by atoms with Gasteiger partial charge < -0.3 is 9.69 Å². The van der Waals surface area contributed by atoms with Crippen molar-refractivity contribution >= 4 is 24.6 Å². The minimum atomic E-state index is 0. The van der Waals surface area contributed by atoms with Crippen molar-refractivity contribution in [1.82, 2.24) is 4.90 Å². The molecule has 3 nitrogen and oxygen atoms in total. The van der Waals surface area contributed by atoms with Gasteiger partial charge in [-0.1, -0.05) is 0 Å². The van der Waals surface area contributed by atoms with Gasteiger partial charge in [-0.25, -0.2) is 0 Å². The molecule has 0 radical (unpaired) electrons. The van der Waals surface area contributed by atoms with E-state index < -0.39 is 0 Å². The van der Waals surface area contributed by atoms with E-state index in [2.05, 4.69) is 0 Å². The number of hydrogen-bond acceptors (Lipinski definition) is 2. The van der Waals surface area contributed by atoms with Crippen LogP contribution in [0.5, 0.6) is 0 Å². The van der Waals surface area contributed by atoms with E-state index in [4.69, 9.17) is 0 Å². The molecule has 66 valence electrons. The Balaban J connectivity index is 0. The smallest absolute Gasteiger partial charge is 0.222 e. The van der Waals surface area contributed by atoms with Crippen LogP contribution in [0.1, 0.15) is 19.3 Å². The molecule has 0 aromatic rings. The van der Waals surface area contributed by atoms with E-state index in [9.17, 15) is 9.59 Å². The Morgan fingerprint density at radius 2 is 2.00 bits per heavy atom. The molecule has 1 amide bonds. The van der Waals surface area contributed by atoms with Crippen LogP contribution in [0.15, 0.2) is 0 Å². The fraction of sp³-hybridized carbons (Fsp3) is 0.714. The van der Waals surface area contributed by atoms with Crippen molar-refractivity contribution in [3.8, 4) is 0 Å². The lowest BCUT2D eigenvalue weighted by atomic mass is 10.2. The van der Waals surface area contributed by atoms with E-state index in [-0.39, 0.29) is 18.3 Å². The SMILES string of the molecule is CN(C)C(=O)CCCC=O.Cl. The molecule has 0 N–H and O–H groups in total. The van der Waals surface area contributed by atoms with E-state index in [0.29, 0.717) is 19.3 Å². The van der Waals surface area contributed by atoms with Crippen LogP contribution in [0, 0.1) is 0 Å². The normalized spacial score (nSPS) is 8.18. The molecular weight excluding hydrogens is 166 g/mol. The van der Waals surface area contributed by atoms with Crippen molar-refractivity contribution < 1.29 is 9.59 Å². The van der Waals surface area contributed by atoms with Crippen molar-refractivity contribution in [3.63, 3.8) is 0 Å². The van der Waals surface area contributed by atoms with E-state index >= 15 is 0 Å². The van der Waals surface area contributed by atoms with Crippen molar-refractivity contribution in [3.05, 3.63) is 0 Å². The molecule has 0 heterocycles. The van der Waals surface area contributed by atoms with Crippen molar-refractivity contribution in [1.29, 1.82) is 0 Å². The third kappa shape index (κ3) is 7.33. The number of rotatable bonds is 4. The number of nitrogens with zero attached hydrogens (tertiary/aromatic N) is 1. The van der Waals surface area contributed by atoms with Gasteiger partial charge >= 0.3 is 0 Å². The molecule has 0 spiro atoms. The molecule has 0 aliphatic rings. The zero-order chi connectivity index (χ0) is 7.98. The summed E-state index contributed by atoms with van der Waals surface area (Å²) in [4.78, 5) is 22.2. The lowest BCUT2D eigenvalue weighted by molar-refractivity contribution is -0.128. The van der Waals surface area contributed by atoms with Crippen LogP contribution in [0.2, 0.25) is 0 Å². The van der Waals surface area contributed by atoms with Crippen molar-refractivity contribution in [2.24, 2.45) is 0 Å². The van der Waals surface area contributed by atoms with Crippen LogP contribution < -0.4 is 0 Å². The average molecular weight is 180 g/mol. The second kappa shape index (κ2) is 7.54. The largest absolute Gasteiger partial charge is 0.349 e. The molecule has 0 fully saturated rings. The highest BCUT2D eigenvalue weighted by Crippen LogP contribution is 1.94. The van der Waals surface area contributed by atoms with Gasteiger partial charge in [-0.3, -0.25) is 4.79 Å². The summed E-state index contributed by atoms with van der Waals surface area (Å²) in [7, 11) is 3.42. The fourth-order valence-electron chi connectivity index (χ4n) is 0.560. The molecule has 0 rings (SSSR count). The first-order chi connectivity index (χ1) is 4.68. The number of unbranched alkanes of at least 4 members (excludes halogenated alkanes) is 1. The second-order valence-corrected chi connectivity index (χ2v) is 2.35. The summed E-state index contributed by atoms with van der Waals surface area (Å²) in [5.41, 5.74) is 0. The maximum Gasteiger partial charge on any atom is 0.222 e. The van der Waals surface area contributed by atoms with Crippen LogP contribution in [0.25, 0.3) is 0 Å². The van der Waals surface area contributed by atoms with Gasteiger partial charge in [0.05, 0.1) is 0 Å². The number of hydrogen-bond donors (Lipinski definition) is 0. The molecule has 0 saturated carbocycles. The maximum absolute atomic E-state index is 10.8. The number of aldehydes is 1. The number of carbonyl (C=O) groups excluding carboxylic acids is 2. The molecule has 0 saturated heterocycles. The number of carbonyl (C=O) groups is 2. The van der Waals surface area contributed by atoms with E-state index in [0.717, 1.165) is 6.29 Å². The van der Waals surface area contributed by atoms with Gasteiger partial charge in [0.1, 0.15) is 6.29 Å². The third-order valence-electron chi connectivity index (χ3n) is 1.21. The number of amides is 1. The predicted molar refractivity (Wildman–Crippen MR) is 45.9 cm³/mol. The first-order valence-corrected chi connectivity index (χ1v) is 3.32. The third-order valence-corrected chi connectivity index (χ3v) is 1.21. The molecular formula is C7H14ClNO2. The lowest BCUT2D eigenvalue weighted by Gasteiger charge is -2.08. The molecule has 4 heteroatoms. The average Bonchev–Trinajstić information content (AvgIpc) is 1.88. The zero-order valence-electron chi connectivity index (χ0n) is 6.87. The summed E-state index contributed by atoms with van der Waals surface area (Å²) in [6.45, 7) is 0. The second-order valence-electron chi connectivity index (χ2n) is 2.35. The predicted octanol–water partition coefficient (Wildman–Crippen LogP) is 0.866. The van der Waals surface area contributed by atoms with Gasteiger partial charge in [0, 0.05) is 26.9 Å².